The Hall–Kier alpha value is -0.940. The van der Waals surface area contributed by atoms with Gasteiger partial charge in [-0.05, 0) is 19.9 Å². The van der Waals surface area contributed by atoms with Crippen LogP contribution in [0.5, 0.6) is 0 Å². The standard InChI is InChI=1S/C10H17N3O2/c1-11-5-4-10-12-9(13-15-10)7-8-3-2-6-14-8/h8,11H,2-7H2,1H3. The predicted octanol–water partition coefficient (Wildman–Crippen LogP) is 0.553. The van der Waals surface area contributed by atoms with Gasteiger partial charge in [-0.1, -0.05) is 5.16 Å². The van der Waals surface area contributed by atoms with Crippen LogP contribution in [-0.2, 0) is 17.6 Å². The van der Waals surface area contributed by atoms with E-state index in [9.17, 15) is 0 Å². The summed E-state index contributed by atoms with van der Waals surface area (Å²) in [5.41, 5.74) is 0. The molecule has 5 nitrogen and oxygen atoms in total. The van der Waals surface area contributed by atoms with Gasteiger partial charge in [0.15, 0.2) is 5.82 Å². The molecule has 0 saturated carbocycles. The number of rotatable bonds is 5. The lowest BCUT2D eigenvalue weighted by molar-refractivity contribution is 0.109. The summed E-state index contributed by atoms with van der Waals surface area (Å²) in [6.45, 7) is 1.73. The fraction of sp³-hybridized carbons (Fsp3) is 0.800. The minimum Gasteiger partial charge on any atom is -0.378 e. The highest BCUT2D eigenvalue weighted by Gasteiger charge is 2.18. The normalized spacial score (nSPS) is 21.0. The first kappa shape index (κ1) is 10.6. The number of likely N-dealkylation sites (N-methyl/N-ethyl adjacent to an activating group) is 1. The molecule has 1 aliphatic heterocycles. The molecule has 0 aromatic carbocycles. The first-order valence-corrected chi connectivity index (χ1v) is 5.46. The highest BCUT2D eigenvalue weighted by Crippen LogP contribution is 2.15. The van der Waals surface area contributed by atoms with Crippen molar-refractivity contribution in [3.63, 3.8) is 0 Å². The molecule has 2 rings (SSSR count). The van der Waals surface area contributed by atoms with Crippen LogP contribution in [0.25, 0.3) is 0 Å². The van der Waals surface area contributed by atoms with Gasteiger partial charge >= 0.3 is 0 Å². The van der Waals surface area contributed by atoms with Crippen molar-refractivity contribution >= 4 is 0 Å². The van der Waals surface area contributed by atoms with E-state index < -0.39 is 0 Å². The molecular weight excluding hydrogens is 194 g/mol. The van der Waals surface area contributed by atoms with Gasteiger partial charge in [0.2, 0.25) is 5.89 Å². The molecular formula is C10H17N3O2. The van der Waals surface area contributed by atoms with Crippen LogP contribution in [0.4, 0.5) is 0 Å². The maximum absolute atomic E-state index is 5.51. The summed E-state index contributed by atoms with van der Waals surface area (Å²) in [6, 6.07) is 0. The van der Waals surface area contributed by atoms with Crippen LogP contribution < -0.4 is 5.32 Å². The Morgan fingerprint density at radius 2 is 2.47 bits per heavy atom. The second kappa shape index (κ2) is 5.23. The Morgan fingerprint density at radius 3 is 3.20 bits per heavy atom. The second-order valence-electron chi connectivity index (χ2n) is 3.80. The Labute approximate surface area is 89.2 Å². The highest BCUT2D eigenvalue weighted by atomic mass is 16.5. The van der Waals surface area contributed by atoms with Gasteiger partial charge in [-0.15, -0.1) is 0 Å². The summed E-state index contributed by atoms with van der Waals surface area (Å²) in [5.74, 6) is 1.48. The van der Waals surface area contributed by atoms with Crippen molar-refractivity contribution in [2.45, 2.75) is 31.8 Å². The van der Waals surface area contributed by atoms with Crippen molar-refractivity contribution in [1.82, 2.24) is 15.5 Å². The highest BCUT2D eigenvalue weighted by molar-refractivity contribution is 4.90. The maximum Gasteiger partial charge on any atom is 0.227 e. The molecule has 1 N–H and O–H groups in total. The van der Waals surface area contributed by atoms with E-state index in [1.54, 1.807) is 0 Å². The molecule has 0 bridgehead atoms. The molecule has 1 fully saturated rings. The molecule has 1 aliphatic rings. The van der Waals surface area contributed by atoms with Gasteiger partial charge in [0.1, 0.15) is 0 Å². The van der Waals surface area contributed by atoms with Gasteiger partial charge in [-0.3, -0.25) is 0 Å². The summed E-state index contributed by atoms with van der Waals surface area (Å²) in [6.07, 6.45) is 4.12. The number of hydrogen-bond acceptors (Lipinski definition) is 5. The minimum absolute atomic E-state index is 0.291. The molecule has 5 heteroatoms. The Morgan fingerprint density at radius 1 is 1.53 bits per heavy atom. The third kappa shape index (κ3) is 3.00. The number of aromatic nitrogens is 2. The van der Waals surface area contributed by atoms with Crippen LogP contribution in [0, 0.1) is 0 Å². The van der Waals surface area contributed by atoms with E-state index in [-0.39, 0.29) is 0 Å². The van der Waals surface area contributed by atoms with Crippen LogP contribution in [-0.4, -0.2) is 36.4 Å². The molecule has 1 atom stereocenters. The van der Waals surface area contributed by atoms with Crippen LogP contribution in [0.2, 0.25) is 0 Å². The molecule has 1 aromatic heterocycles. The minimum atomic E-state index is 0.291. The summed E-state index contributed by atoms with van der Waals surface area (Å²) in [7, 11) is 1.91. The third-order valence-corrected chi connectivity index (χ3v) is 2.53. The maximum atomic E-state index is 5.51. The molecule has 0 radical (unpaired) electrons. The molecule has 0 spiro atoms. The average Bonchev–Trinajstić information content (AvgIpc) is 2.87. The molecule has 15 heavy (non-hydrogen) atoms. The van der Waals surface area contributed by atoms with Crippen LogP contribution in [0.1, 0.15) is 24.6 Å². The molecule has 84 valence electrons. The quantitative estimate of drug-likeness (QED) is 0.770. The summed E-state index contributed by atoms with van der Waals surface area (Å²) < 4.78 is 10.6. The van der Waals surface area contributed by atoms with E-state index in [0.717, 1.165) is 44.7 Å². The fourth-order valence-corrected chi connectivity index (χ4v) is 1.72. The molecule has 2 heterocycles. The number of ether oxygens (including phenoxy) is 1. The Balaban J connectivity index is 1.83. The third-order valence-electron chi connectivity index (χ3n) is 2.53. The molecule has 1 saturated heterocycles. The number of nitrogens with one attached hydrogen (secondary N) is 1. The molecule has 1 unspecified atom stereocenters. The predicted molar refractivity (Wildman–Crippen MR) is 54.6 cm³/mol. The zero-order valence-electron chi connectivity index (χ0n) is 9.03. The van der Waals surface area contributed by atoms with Crippen LogP contribution >= 0.6 is 0 Å². The lowest BCUT2D eigenvalue weighted by Crippen LogP contribution is -2.11. The van der Waals surface area contributed by atoms with E-state index in [4.69, 9.17) is 9.26 Å². The van der Waals surface area contributed by atoms with E-state index in [1.807, 2.05) is 7.05 Å². The van der Waals surface area contributed by atoms with E-state index in [2.05, 4.69) is 15.5 Å². The average molecular weight is 211 g/mol. The van der Waals surface area contributed by atoms with Crippen molar-refractivity contribution in [3.05, 3.63) is 11.7 Å². The zero-order valence-corrected chi connectivity index (χ0v) is 9.03. The molecule has 0 amide bonds. The van der Waals surface area contributed by atoms with Crippen molar-refractivity contribution in [3.8, 4) is 0 Å². The van der Waals surface area contributed by atoms with E-state index >= 15 is 0 Å². The lowest BCUT2D eigenvalue weighted by Gasteiger charge is -2.03. The Bertz CT molecular complexity index is 295. The first-order valence-electron chi connectivity index (χ1n) is 5.46. The van der Waals surface area contributed by atoms with Gasteiger partial charge in [-0.2, -0.15) is 4.98 Å². The largest absolute Gasteiger partial charge is 0.378 e. The molecule has 0 aliphatic carbocycles. The first-order chi connectivity index (χ1) is 7.38. The van der Waals surface area contributed by atoms with Gasteiger partial charge in [0, 0.05) is 26.0 Å². The van der Waals surface area contributed by atoms with E-state index in [1.165, 1.54) is 0 Å². The topological polar surface area (TPSA) is 60.2 Å². The van der Waals surface area contributed by atoms with Gasteiger partial charge < -0.3 is 14.6 Å². The number of hydrogen-bond donors (Lipinski definition) is 1. The monoisotopic (exact) mass is 211 g/mol. The van der Waals surface area contributed by atoms with Crippen molar-refractivity contribution in [2.24, 2.45) is 0 Å². The van der Waals surface area contributed by atoms with Crippen LogP contribution in [0.15, 0.2) is 4.52 Å². The summed E-state index contributed by atoms with van der Waals surface area (Å²) >= 11 is 0. The van der Waals surface area contributed by atoms with Crippen molar-refractivity contribution in [1.29, 1.82) is 0 Å². The van der Waals surface area contributed by atoms with Gasteiger partial charge in [-0.25, -0.2) is 0 Å². The smallest absolute Gasteiger partial charge is 0.227 e. The fourth-order valence-electron chi connectivity index (χ4n) is 1.72. The van der Waals surface area contributed by atoms with Gasteiger partial charge in [0.25, 0.3) is 0 Å². The van der Waals surface area contributed by atoms with Gasteiger partial charge in [0.05, 0.1) is 6.10 Å². The van der Waals surface area contributed by atoms with Crippen LogP contribution in [0.3, 0.4) is 0 Å². The Kier molecular flexibility index (Phi) is 3.69. The van der Waals surface area contributed by atoms with Crippen molar-refractivity contribution < 1.29 is 9.26 Å². The SMILES string of the molecule is CNCCc1nc(CC2CCCO2)no1. The number of nitrogens with zero attached hydrogens (tertiary/aromatic N) is 2. The lowest BCUT2D eigenvalue weighted by atomic mass is 10.2. The van der Waals surface area contributed by atoms with E-state index in [0.29, 0.717) is 12.0 Å². The second-order valence-corrected chi connectivity index (χ2v) is 3.80. The summed E-state index contributed by atoms with van der Waals surface area (Å²) in [4.78, 5) is 4.31. The molecule has 1 aromatic rings. The zero-order chi connectivity index (χ0) is 10.5. The summed E-state index contributed by atoms with van der Waals surface area (Å²) in [5, 5.41) is 6.98. The van der Waals surface area contributed by atoms with Crippen molar-refractivity contribution in [2.75, 3.05) is 20.2 Å².